The second kappa shape index (κ2) is 11.0. The van der Waals surface area contributed by atoms with Crippen LogP contribution in [0.15, 0.2) is 0 Å². The first-order valence-corrected chi connectivity index (χ1v) is 6.64. The highest BCUT2D eigenvalue weighted by Gasteiger charge is 2.08. The lowest BCUT2D eigenvalue weighted by molar-refractivity contribution is -0.139. The first-order valence-electron chi connectivity index (χ1n) is 6.64. The van der Waals surface area contributed by atoms with Crippen molar-refractivity contribution in [1.29, 1.82) is 0 Å². The summed E-state index contributed by atoms with van der Waals surface area (Å²) in [5.41, 5.74) is 0. The fourth-order valence-corrected chi connectivity index (χ4v) is 1.84. The molecule has 5 nitrogen and oxygen atoms in total. The number of unbranched alkanes of at least 4 members (excludes halogenated alkanes) is 6. The fourth-order valence-electron chi connectivity index (χ4n) is 1.84. The summed E-state index contributed by atoms with van der Waals surface area (Å²) in [5.74, 6) is -1.69. The molecule has 0 aliphatic rings. The van der Waals surface area contributed by atoms with Gasteiger partial charge in [0.25, 0.3) is 0 Å². The van der Waals surface area contributed by atoms with Gasteiger partial charge in [-0.1, -0.05) is 38.5 Å². The minimum atomic E-state index is -0.957. The SMILES string of the molecule is O=C(O)CCCCCCCCCC(O)CC(=O)O. The molecule has 0 radical (unpaired) electrons. The van der Waals surface area contributed by atoms with Crippen molar-refractivity contribution >= 4 is 11.9 Å². The molecule has 0 aromatic heterocycles. The highest BCUT2D eigenvalue weighted by Crippen LogP contribution is 2.11. The molecule has 0 fully saturated rings. The van der Waals surface area contributed by atoms with E-state index in [1.54, 1.807) is 0 Å². The Morgan fingerprint density at radius 2 is 1.28 bits per heavy atom. The highest BCUT2D eigenvalue weighted by atomic mass is 16.4. The Hall–Kier alpha value is -1.10. The summed E-state index contributed by atoms with van der Waals surface area (Å²) >= 11 is 0. The van der Waals surface area contributed by atoms with Crippen molar-refractivity contribution < 1.29 is 24.9 Å². The van der Waals surface area contributed by atoms with Crippen molar-refractivity contribution in [3.05, 3.63) is 0 Å². The smallest absolute Gasteiger partial charge is 0.305 e. The second-order valence-corrected chi connectivity index (χ2v) is 4.66. The van der Waals surface area contributed by atoms with E-state index in [0.717, 1.165) is 44.9 Å². The fraction of sp³-hybridized carbons (Fsp3) is 0.846. The third-order valence-electron chi connectivity index (χ3n) is 2.84. The van der Waals surface area contributed by atoms with Crippen molar-refractivity contribution in [3.8, 4) is 0 Å². The molecule has 18 heavy (non-hydrogen) atoms. The van der Waals surface area contributed by atoms with E-state index in [2.05, 4.69) is 0 Å². The highest BCUT2D eigenvalue weighted by molar-refractivity contribution is 5.67. The Labute approximate surface area is 108 Å². The van der Waals surface area contributed by atoms with Crippen LogP contribution in [0, 0.1) is 0 Å². The molecular formula is C13H24O5. The minimum Gasteiger partial charge on any atom is -0.481 e. The minimum absolute atomic E-state index is 0.171. The monoisotopic (exact) mass is 260 g/mol. The van der Waals surface area contributed by atoms with Crippen LogP contribution < -0.4 is 0 Å². The standard InChI is InChI=1S/C13H24O5/c14-11(10-13(17)18)8-6-4-2-1-3-5-7-9-12(15)16/h11,14H,1-10H2,(H,15,16)(H,17,18). The van der Waals surface area contributed by atoms with Crippen molar-refractivity contribution in [2.75, 3.05) is 0 Å². The lowest BCUT2D eigenvalue weighted by Gasteiger charge is -2.07. The number of carboxylic acid groups (broad SMARTS) is 2. The summed E-state index contributed by atoms with van der Waals surface area (Å²) in [6.07, 6.45) is 6.63. The second-order valence-electron chi connectivity index (χ2n) is 4.66. The third-order valence-corrected chi connectivity index (χ3v) is 2.84. The van der Waals surface area contributed by atoms with Crippen LogP contribution in [-0.4, -0.2) is 33.4 Å². The van der Waals surface area contributed by atoms with Gasteiger partial charge >= 0.3 is 11.9 Å². The molecule has 0 aromatic carbocycles. The van der Waals surface area contributed by atoms with Gasteiger partial charge in [-0.05, 0) is 12.8 Å². The van der Waals surface area contributed by atoms with Crippen LogP contribution >= 0.6 is 0 Å². The molecule has 3 N–H and O–H groups in total. The Morgan fingerprint density at radius 3 is 1.78 bits per heavy atom. The molecule has 0 aliphatic heterocycles. The maximum atomic E-state index is 10.3. The number of hydrogen-bond donors (Lipinski definition) is 3. The topological polar surface area (TPSA) is 94.8 Å². The van der Waals surface area contributed by atoms with Crippen LogP contribution in [0.1, 0.15) is 64.2 Å². The normalized spacial score (nSPS) is 12.3. The molecule has 0 aromatic rings. The average Bonchev–Trinajstić information content (AvgIpc) is 2.25. The number of carbonyl (C=O) groups is 2. The van der Waals surface area contributed by atoms with Crippen LogP contribution in [0.4, 0.5) is 0 Å². The van der Waals surface area contributed by atoms with E-state index in [4.69, 9.17) is 10.2 Å². The maximum Gasteiger partial charge on any atom is 0.305 e. The molecule has 0 aliphatic carbocycles. The summed E-state index contributed by atoms with van der Waals surface area (Å²) in [4.78, 5) is 20.5. The van der Waals surface area contributed by atoms with Gasteiger partial charge in [0.2, 0.25) is 0 Å². The number of hydrogen-bond acceptors (Lipinski definition) is 3. The molecule has 0 heterocycles. The largest absolute Gasteiger partial charge is 0.481 e. The zero-order valence-electron chi connectivity index (χ0n) is 10.8. The molecule has 0 rings (SSSR count). The van der Waals surface area contributed by atoms with Gasteiger partial charge in [-0.15, -0.1) is 0 Å². The zero-order chi connectivity index (χ0) is 13.8. The van der Waals surface area contributed by atoms with Gasteiger partial charge in [-0.3, -0.25) is 9.59 Å². The van der Waals surface area contributed by atoms with Crippen molar-refractivity contribution in [1.82, 2.24) is 0 Å². The number of rotatable bonds is 12. The lowest BCUT2D eigenvalue weighted by atomic mass is 10.0. The lowest BCUT2D eigenvalue weighted by Crippen LogP contribution is -2.12. The van der Waals surface area contributed by atoms with Gasteiger partial charge in [-0.25, -0.2) is 0 Å². The Morgan fingerprint density at radius 1 is 0.778 bits per heavy atom. The summed E-state index contributed by atoms with van der Waals surface area (Å²) in [7, 11) is 0. The summed E-state index contributed by atoms with van der Waals surface area (Å²) in [6, 6.07) is 0. The van der Waals surface area contributed by atoms with E-state index < -0.39 is 18.0 Å². The predicted molar refractivity (Wildman–Crippen MR) is 67.4 cm³/mol. The zero-order valence-corrected chi connectivity index (χ0v) is 10.8. The van der Waals surface area contributed by atoms with E-state index in [-0.39, 0.29) is 12.8 Å². The molecule has 1 unspecified atom stereocenters. The summed E-state index contributed by atoms with van der Waals surface area (Å²) in [5, 5.41) is 26.2. The van der Waals surface area contributed by atoms with Crippen molar-refractivity contribution in [2.45, 2.75) is 70.3 Å². The third kappa shape index (κ3) is 13.0. The van der Waals surface area contributed by atoms with Crippen LogP contribution in [0.3, 0.4) is 0 Å². The van der Waals surface area contributed by atoms with E-state index in [1.807, 2.05) is 0 Å². The molecule has 1 atom stereocenters. The predicted octanol–water partition coefficient (Wildman–Crippen LogP) is 2.42. The molecule has 0 saturated heterocycles. The summed E-state index contributed by atoms with van der Waals surface area (Å²) < 4.78 is 0. The van der Waals surface area contributed by atoms with Gasteiger partial charge < -0.3 is 15.3 Å². The Balaban J connectivity index is 3.16. The number of aliphatic hydroxyl groups is 1. The van der Waals surface area contributed by atoms with Gasteiger partial charge in [-0.2, -0.15) is 0 Å². The van der Waals surface area contributed by atoms with E-state index in [1.165, 1.54) is 0 Å². The van der Waals surface area contributed by atoms with E-state index in [0.29, 0.717) is 6.42 Å². The van der Waals surface area contributed by atoms with Crippen LogP contribution in [0.2, 0.25) is 0 Å². The first-order chi connectivity index (χ1) is 8.52. The summed E-state index contributed by atoms with van der Waals surface area (Å²) in [6.45, 7) is 0. The molecule has 106 valence electrons. The van der Waals surface area contributed by atoms with E-state index >= 15 is 0 Å². The maximum absolute atomic E-state index is 10.3. The number of carboxylic acids is 2. The first kappa shape index (κ1) is 16.9. The van der Waals surface area contributed by atoms with E-state index in [9.17, 15) is 14.7 Å². The Bertz CT molecular complexity index is 240. The van der Waals surface area contributed by atoms with Gasteiger partial charge in [0.1, 0.15) is 0 Å². The van der Waals surface area contributed by atoms with Crippen molar-refractivity contribution in [3.63, 3.8) is 0 Å². The van der Waals surface area contributed by atoms with Crippen LogP contribution in [-0.2, 0) is 9.59 Å². The molecule has 0 bridgehead atoms. The van der Waals surface area contributed by atoms with Crippen LogP contribution in [0.25, 0.3) is 0 Å². The molecule has 5 heteroatoms. The Kier molecular flexibility index (Phi) is 10.3. The van der Waals surface area contributed by atoms with Crippen LogP contribution in [0.5, 0.6) is 0 Å². The molecule has 0 amide bonds. The quantitative estimate of drug-likeness (QED) is 0.468. The van der Waals surface area contributed by atoms with Gasteiger partial charge in [0.05, 0.1) is 12.5 Å². The van der Waals surface area contributed by atoms with Gasteiger partial charge in [0, 0.05) is 6.42 Å². The average molecular weight is 260 g/mol. The number of aliphatic hydroxyl groups excluding tert-OH is 1. The molecule has 0 spiro atoms. The van der Waals surface area contributed by atoms with Crippen molar-refractivity contribution in [2.24, 2.45) is 0 Å². The van der Waals surface area contributed by atoms with Gasteiger partial charge in [0.15, 0.2) is 0 Å². The number of aliphatic carboxylic acids is 2. The molecular weight excluding hydrogens is 236 g/mol. The molecule has 0 saturated carbocycles.